The first-order chi connectivity index (χ1) is 12.3. The van der Waals surface area contributed by atoms with E-state index < -0.39 is 11.2 Å². The Balaban J connectivity index is 2.06. The maximum absolute atomic E-state index is 12.7. The van der Waals surface area contributed by atoms with E-state index in [1.165, 1.54) is 30.9 Å². The van der Waals surface area contributed by atoms with Crippen LogP contribution in [0.5, 0.6) is 0 Å². The van der Waals surface area contributed by atoms with Crippen LogP contribution in [0.1, 0.15) is 35.7 Å². The van der Waals surface area contributed by atoms with Crippen LogP contribution in [0.3, 0.4) is 0 Å². The number of anilines is 1. The first-order valence-corrected chi connectivity index (χ1v) is 8.27. The molecule has 134 valence electrons. The summed E-state index contributed by atoms with van der Waals surface area (Å²) < 4.78 is 2.28. The highest BCUT2D eigenvalue weighted by Crippen LogP contribution is 2.24. The maximum Gasteiger partial charge on any atom is 0.332 e. The molecular weight excluding hydrogens is 332 g/mol. The number of nitrogens with one attached hydrogen (secondary N) is 1. The van der Waals surface area contributed by atoms with Gasteiger partial charge in [0.05, 0.1) is 10.9 Å². The number of hydrogen-bond donors (Lipinski definition) is 1. The molecule has 2 aromatic heterocycles. The molecule has 0 radical (unpaired) electrons. The van der Waals surface area contributed by atoms with Gasteiger partial charge in [0.2, 0.25) is 0 Å². The third-order valence-corrected chi connectivity index (χ3v) is 4.39. The van der Waals surface area contributed by atoms with Crippen LogP contribution in [-0.4, -0.2) is 20.0 Å². The van der Waals surface area contributed by atoms with E-state index in [9.17, 15) is 14.4 Å². The number of carbonyl (C=O) groups excluding carboxylic acids is 1. The molecule has 0 aliphatic carbocycles. The molecule has 3 aromatic rings. The van der Waals surface area contributed by atoms with Crippen molar-refractivity contribution in [2.24, 2.45) is 14.1 Å². The Morgan fingerprint density at radius 3 is 2.50 bits per heavy atom. The Morgan fingerprint density at radius 2 is 1.81 bits per heavy atom. The predicted octanol–water partition coefficient (Wildman–Crippen LogP) is 2.01. The van der Waals surface area contributed by atoms with Crippen LogP contribution in [-0.2, 0) is 14.1 Å². The summed E-state index contributed by atoms with van der Waals surface area (Å²) in [5, 5.41) is 3.10. The number of carbonyl (C=O) groups is 1. The van der Waals surface area contributed by atoms with Gasteiger partial charge >= 0.3 is 5.69 Å². The summed E-state index contributed by atoms with van der Waals surface area (Å²) in [5.74, 6) is -0.105. The SMILES string of the molecule is CC(C)c1ccccc1NC(=O)c1cnc2c(c1)c(=O)n(C)c(=O)n2C. The lowest BCUT2D eigenvalue weighted by molar-refractivity contribution is 0.102. The summed E-state index contributed by atoms with van der Waals surface area (Å²) in [5.41, 5.74) is 1.31. The minimum Gasteiger partial charge on any atom is -0.322 e. The van der Waals surface area contributed by atoms with Crippen molar-refractivity contribution in [1.82, 2.24) is 14.1 Å². The fourth-order valence-electron chi connectivity index (χ4n) is 2.90. The van der Waals surface area contributed by atoms with Crippen LogP contribution >= 0.6 is 0 Å². The highest BCUT2D eigenvalue weighted by molar-refractivity contribution is 6.05. The molecule has 7 heteroatoms. The Kier molecular flexibility index (Phi) is 4.46. The summed E-state index contributed by atoms with van der Waals surface area (Å²) >= 11 is 0. The average Bonchev–Trinajstić information content (AvgIpc) is 2.64. The lowest BCUT2D eigenvalue weighted by Gasteiger charge is -2.14. The zero-order valence-electron chi connectivity index (χ0n) is 15.1. The molecule has 0 atom stereocenters. The first kappa shape index (κ1) is 17.6. The minimum atomic E-state index is -0.479. The highest BCUT2D eigenvalue weighted by Gasteiger charge is 2.15. The van der Waals surface area contributed by atoms with Crippen LogP contribution in [0.15, 0.2) is 46.1 Å². The summed E-state index contributed by atoms with van der Waals surface area (Å²) in [6.07, 6.45) is 1.37. The highest BCUT2D eigenvalue weighted by atomic mass is 16.2. The molecule has 0 saturated carbocycles. The topological polar surface area (TPSA) is 86.0 Å². The van der Waals surface area contributed by atoms with E-state index in [1.807, 2.05) is 38.1 Å². The second kappa shape index (κ2) is 6.59. The number of pyridine rings is 1. The Morgan fingerprint density at radius 1 is 1.12 bits per heavy atom. The molecule has 0 saturated heterocycles. The summed E-state index contributed by atoms with van der Waals surface area (Å²) in [6.45, 7) is 4.10. The van der Waals surface area contributed by atoms with Crippen LogP contribution in [0.4, 0.5) is 5.69 Å². The van der Waals surface area contributed by atoms with E-state index in [1.54, 1.807) is 0 Å². The van der Waals surface area contributed by atoms with E-state index in [0.29, 0.717) is 0 Å². The number of aryl methyl sites for hydroxylation is 1. The molecule has 0 aliphatic heterocycles. The molecule has 0 bridgehead atoms. The molecule has 1 aromatic carbocycles. The molecule has 26 heavy (non-hydrogen) atoms. The molecular formula is C19H20N4O3. The van der Waals surface area contributed by atoms with E-state index in [0.717, 1.165) is 15.8 Å². The van der Waals surface area contributed by atoms with Crippen LogP contribution in [0.2, 0.25) is 0 Å². The number of para-hydroxylation sites is 1. The van der Waals surface area contributed by atoms with Gasteiger partial charge in [-0.3, -0.25) is 18.7 Å². The molecule has 0 aliphatic rings. The van der Waals surface area contributed by atoms with E-state index in [-0.39, 0.29) is 28.4 Å². The van der Waals surface area contributed by atoms with Crippen LogP contribution in [0.25, 0.3) is 11.0 Å². The lowest BCUT2D eigenvalue weighted by Crippen LogP contribution is -2.37. The molecule has 7 nitrogen and oxygen atoms in total. The van der Waals surface area contributed by atoms with Crippen molar-refractivity contribution in [3.8, 4) is 0 Å². The number of amides is 1. The van der Waals surface area contributed by atoms with Crippen molar-refractivity contribution < 1.29 is 4.79 Å². The molecule has 3 rings (SSSR count). The Hall–Kier alpha value is -3.22. The van der Waals surface area contributed by atoms with Crippen LogP contribution in [0, 0.1) is 0 Å². The molecule has 0 fully saturated rings. The van der Waals surface area contributed by atoms with Gasteiger partial charge in [0, 0.05) is 26.0 Å². The number of nitrogens with zero attached hydrogens (tertiary/aromatic N) is 3. The molecule has 0 spiro atoms. The lowest BCUT2D eigenvalue weighted by atomic mass is 10.0. The third kappa shape index (κ3) is 2.92. The van der Waals surface area contributed by atoms with Gasteiger partial charge in [-0.25, -0.2) is 9.78 Å². The molecule has 0 unspecified atom stereocenters. The number of aromatic nitrogens is 3. The fourth-order valence-corrected chi connectivity index (χ4v) is 2.90. The third-order valence-electron chi connectivity index (χ3n) is 4.39. The van der Waals surface area contributed by atoms with Crippen LogP contribution < -0.4 is 16.6 Å². The minimum absolute atomic E-state index is 0.222. The smallest absolute Gasteiger partial charge is 0.322 e. The van der Waals surface area contributed by atoms with Crippen molar-refractivity contribution in [2.45, 2.75) is 19.8 Å². The summed E-state index contributed by atoms with van der Waals surface area (Å²) in [7, 11) is 2.94. The van der Waals surface area contributed by atoms with E-state index in [2.05, 4.69) is 10.3 Å². The second-order valence-electron chi connectivity index (χ2n) is 6.50. The van der Waals surface area contributed by atoms with Crippen molar-refractivity contribution in [2.75, 3.05) is 5.32 Å². The van der Waals surface area contributed by atoms with Gasteiger partial charge in [-0.2, -0.15) is 0 Å². The van der Waals surface area contributed by atoms with Crippen molar-refractivity contribution in [3.05, 3.63) is 68.5 Å². The number of benzene rings is 1. The normalized spacial score (nSPS) is 11.1. The van der Waals surface area contributed by atoms with Crippen molar-refractivity contribution in [1.29, 1.82) is 0 Å². The fraction of sp³-hybridized carbons (Fsp3) is 0.263. The van der Waals surface area contributed by atoms with Crippen molar-refractivity contribution in [3.63, 3.8) is 0 Å². The van der Waals surface area contributed by atoms with Gasteiger partial charge in [-0.05, 0) is 23.6 Å². The van der Waals surface area contributed by atoms with Gasteiger partial charge in [0.15, 0.2) is 0 Å². The number of fused-ring (bicyclic) bond motifs is 1. The van der Waals surface area contributed by atoms with Gasteiger partial charge in [0.1, 0.15) is 5.65 Å². The van der Waals surface area contributed by atoms with Gasteiger partial charge in [-0.1, -0.05) is 32.0 Å². The zero-order chi connectivity index (χ0) is 19.0. The summed E-state index contributed by atoms with van der Waals surface area (Å²) in [6, 6.07) is 9.05. The largest absolute Gasteiger partial charge is 0.332 e. The molecule has 2 heterocycles. The standard InChI is InChI=1S/C19H20N4O3/c1-11(2)13-7-5-6-8-15(13)21-17(24)12-9-14-16(20-10-12)22(3)19(26)23(4)18(14)25/h5-11H,1-4H3,(H,21,24). The second-order valence-corrected chi connectivity index (χ2v) is 6.50. The maximum atomic E-state index is 12.7. The monoisotopic (exact) mass is 352 g/mol. The van der Waals surface area contributed by atoms with Gasteiger partial charge < -0.3 is 5.32 Å². The predicted molar refractivity (Wildman–Crippen MR) is 101 cm³/mol. The average molecular weight is 352 g/mol. The Labute approximate surface area is 149 Å². The molecule has 1 N–H and O–H groups in total. The van der Waals surface area contributed by atoms with E-state index >= 15 is 0 Å². The van der Waals surface area contributed by atoms with Gasteiger partial charge in [-0.15, -0.1) is 0 Å². The quantitative estimate of drug-likeness (QED) is 0.781. The Bertz CT molecular complexity index is 1130. The van der Waals surface area contributed by atoms with Gasteiger partial charge in [0.25, 0.3) is 11.5 Å². The number of rotatable bonds is 3. The van der Waals surface area contributed by atoms with Crippen molar-refractivity contribution >= 4 is 22.6 Å². The number of hydrogen-bond acceptors (Lipinski definition) is 4. The summed E-state index contributed by atoms with van der Waals surface area (Å²) in [4.78, 5) is 41.1. The first-order valence-electron chi connectivity index (χ1n) is 8.27. The van der Waals surface area contributed by atoms with E-state index in [4.69, 9.17) is 0 Å². The zero-order valence-corrected chi connectivity index (χ0v) is 15.1. The molecule has 1 amide bonds.